The van der Waals surface area contributed by atoms with Crippen LogP contribution in [0.4, 0.5) is 13.2 Å². The SMILES string of the molecule is C[C@@H](OC1CCC1)[C@H](NC(=O)C(F)(F)F)C(=O)N1CC2C(C1C(=O)N[C@H](C#N)C[C@@H]1CC(C)(C)NC1=O)C2(C)C. The van der Waals surface area contributed by atoms with Crippen molar-refractivity contribution in [2.24, 2.45) is 23.2 Å². The van der Waals surface area contributed by atoms with E-state index in [1.807, 2.05) is 33.8 Å². The van der Waals surface area contributed by atoms with E-state index >= 15 is 0 Å². The molecule has 4 fully saturated rings. The Morgan fingerprint density at radius 2 is 1.85 bits per heavy atom. The van der Waals surface area contributed by atoms with Gasteiger partial charge in [0.15, 0.2) is 0 Å². The van der Waals surface area contributed by atoms with Crippen LogP contribution in [0.15, 0.2) is 0 Å². The van der Waals surface area contributed by atoms with Crippen molar-refractivity contribution in [1.29, 1.82) is 5.26 Å². The summed E-state index contributed by atoms with van der Waals surface area (Å²) in [6, 6.07) is -1.67. The monoisotopic (exact) mass is 569 g/mol. The molecule has 2 heterocycles. The molecule has 13 heteroatoms. The number of carbonyl (C=O) groups excluding carboxylic acids is 4. The first-order chi connectivity index (χ1) is 18.5. The molecule has 0 radical (unpaired) electrons. The number of nitriles is 1. The number of hydrogen-bond donors (Lipinski definition) is 3. The molecule has 4 amide bonds. The summed E-state index contributed by atoms with van der Waals surface area (Å²) in [5.41, 5.74) is -0.727. The molecule has 222 valence electrons. The van der Waals surface area contributed by atoms with Gasteiger partial charge in [-0.05, 0) is 70.1 Å². The van der Waals surface area contributed by atoms with Crippen LogP contribution < -0.4 is 16.0 Å². The summed E-state index contributed by atoms with van der Waals surface area (Å²) in [5.74, 6) is -4.73. The third kappa shape index (κ3) is 5.92. The maximum absolute atomic E-state index is 13.7. The van der Waals surface area contributed by atoms with Crippen LogP contribution in [0.5, 0.6) is 0 Å². The van der Waals surface area contributed by atoms with Gasteiger partial charge < -0.3 is 25.6 Å². The Hall–Kier alpha value is -2.88. The van der Waals surface area contributed by atoms with Crippen molar-refractivity contribution < 1.29 is 37.1 Å². The van der Waals surface area contributed by atoms with Crippen molar-refractivity contribution in [1.82, 2.24) is 20.9 Å². The largest absolute Gasteiger partial charge is 0.471 e. The maximum atomic E-state index is 13.7. The quantitative estimate of drug-likeness (QED) is 0.387. The lowest BCUT2D eigenvalue weighted by Gasteiger charge is -2.37. The van der Waals surface area contributed by atoms with Gasteiger partial charge in [0, 0.05) is 18.0 Å². The third-order valence-corrected chi connectivity index (χ3v) is 9.08. The van der Waals surface area contributed by atoms with Crippen molar-refractivity contribution in [3.05, 3.63) is 0 Å². The molecule has 10 nitrogen and oxygen atoms in total. The molecule has 3 unspecified atom stereocenters. The number of amides is 4. The lowest BCUT2D eigenvalue weighted by Crippen LogP contribution is -2.61. The third-order valence-electron chi connectivity index (χ3n) is 9.08. The van der Waals surface area contributed by atoms with Crippen molar-refractivity contribution in [2.75, 3.05) is 6.54 Å². The summed E-state index contributed by atoms with van der Waals surface area (Å²) in [6.45, 7) is 9.19. The van der Waals surface area contributed by atoms with Crippen LogP contribution in [0.25, 0.3) is 0 Å². The van der Waals surface area contributed by atoms with Gasteiger partial charge in [-0.1, -0.05) is 13.8 Å². The second-order valence-corrected chi connectivity index (χ2v) is 12.9. The van der Waals surface area contributed by atoms with Gasteiger partial charge in [-0.15, -0.1) is 0 Å². The van der Waals surface area contributed by atoms with Gasteiger partial charge in [0.1, 0.15) is 18.1 Å². The summed E-state index contributed by atoms with van der Waals surface area (Å²) >= 11 is 0. The molecule has 0 spiro atoms. The Bertz CT molecular complexity index is 1100. The lowest BCUT2D eigenvalue weighted by molar-refractivity contribution is -0.177. The Balaban J connectivity index is 1.52. The van der Waals surface area contributed by atoms with E-state index < -0.39 is 59.6 Å². The van der Waals surface area contributed by atoms with Gasteiger partial charge in [0.05, 0.1) is 18.3 Å². The van der Waals surface area contributed by atoms with Crippen LogP contribution in [0.3, 0.4) is 0 Å². The number of alkyl halides is 3. The average Bonchev–Trinajstić information content (AvgIpc) is 3.11. The van der Waals surface area contributed by atoms with Gasteiger partial charge in [-0.2, -0.15) is 18.4 Å². The fraction of sp³-hybridized carbons (Fsp3) is 0.815. The van der Waals surface area contributed by atoms with E-state index in [9.17, 15) is 37.6 Å². The number of fused-ring (bicyclic) bond motifs is 1. The summed E-state index contributed by atoms with van der Waals surface area (Å²) in [7, 11) is 0. The highest BCUT2D eigenvalue weighted by Gasteiger charge is 2.70. The van der Waals surface area contributed by atoms with E-state index in [2.05, 4.69) is 10.6 Å². The van der Waals surface area contributed by atoms with E-state index in [0.29, 0.717) is 19.3 Å². The molecule has 40 heavy (non-hydrogen) atoms. The molecule has 0 aromatic carbocycles. The topological polar surface area (TPSA) is 141 Å². The lowest BCUT2D eigenvalue weighted by atomic mass is 9.91. The highest BCUT2D eigenvalue weighted by atomic mass is 19.4. The first kappa shape index (κ1) is 30.1. The predicted octanol–water partition coefficient (Wildman–Crippen LogP) is 1.79. The Morgan fingerprint density at radius 3 is 2.35 bits per heavy atom. The average molecular weight is 570 g/mol. The summed E-state index contributed by atoms with van der Waals surface area (Å²) in [5, 5.41) is 17.1. The van der Waals surface area contributed by atoms with Crippen molar-refractivity contribution in [2.45, 2.75) is 109 Å². The van der Waals surface area contributed by atoms with Gasteiger partial charge >= 0.3 is 12.1 Å². The van der Waals surface area contributed by atoms with Crippen LogP contribution in [0, 0.1) is 34.5 Å². The van der Waals surface area contributed by atoms with Crippen LogP contribution in [-0.4, -0.2) is 77.1 Å². The van der Waals surface area contributed by atoms with Gasteiger partial charge in [-0.3, -0.25) is 19.2 Å². The molecule has 2 aliphatic carbocycles. The van der Waals surface area contributed by atoms with Crippen LogP contribution in [0.2, 0.25) is 0 Å². The van der Waals surface area contributed by atoms with E-state index in [1.165, 1.54) is 11.8 Å². The number of likely N-dealkylation sites (tertiary alicyclic amines) is 1. The van der Waals surface area contributed by atoms with E-state index in [0.717, 1.165) is 6.42 Å². The molecular formula is C27H38F3N5O5. The fourth-order valence-corrected chi connectivity index (χ4v) is 6.56. The number of piperidine rings is 1. The molecular weight excluding hydrogens is 531 g/mol. The highest BCUT2D eigenvalue weighted by Crippen LogP contribution is 2.65. The molecule has 0 aromatic heterocycles. The molecule has 2 saturated heterocycles. The molecule has 2 saturated carbocycles. The van der Waals surface area contributed by atoms with Crippen molar-refractivity contribution >= 4 is 23.6 Å². The summed E-state index contributed by atoms with van der Waals surface area (Å²) in [4.78, 5) is 52.8. The first-order valence-corrected chi connectivity index (χ1v) is 13.8. The van der Waals surface area contributed by atoms with Crippen molar-refractivity contribution in [3.63, 3.8) is 0 Å². The first-order valence-electron chi connectivity index (χ1n) is 13.8. The fourth-order valence-electron chi connectivity index (χ4n) is 6.56. The normalized spacial score (nSPS) is 30.7. The van der Waals surface area contributed by atoms with Gasteiger partial charge in [-0.25, -0.2) is 0 Å². The van der Waals surface area contributed by atoms with Gasteiger partial charge in [0.25, 0.3) is 0 Å². The molecule has 3 N–H and O–H groups in total. The second kappa shape index (κ2) is 10.5. The number of nitrogens with one attached hydrogen (secondary N) is 3. The minimum Gasteiger partial charge on any atom is -0.373 e. The molecule has 7 atom stereocenters. The summed E-state index contributed by atoms with van der Waals surface area (Å²) in [6.07, 6.45) is -3.59. The molecule has 4 rings (SSSR count). The molecule has 4 aliphatic rings. The Kier molecular flexibility index (Phi) is 7.90. The van der Waals surface area contributed by atoms with Crippen LogP contribution >= 0.6 is 0 Å². The van der Waals surface area contributed by atoms with Crippen LogP contribution in [-0.2, 0) is 23.9 Å². The zero-order chi connectivity index (χ0) is 29.8. The van der Waals surface area contributed by atoms with Gasteiger partial charge in [0.2, 0.25) is 17.7 Å². The predicted molar refractivity (Wildman–Crippen MR) is 135 cm³/mol. The zero-order valence-electron chi connectivity index (χ0n) is 23.4. The summed E-state index contributed by atoms with van der Waals surface area (Å²) < 4.78 is 45.2. The minimum atomic E-state index is -5.21. The number of rotatable bonds is 9. The molecule has 2 aliphatic heterocycles. The smallest absolute Gasteiger partial charge is 0.373 e. The highest BCUT2D eigenvalue weighted by molar-refractivity contribution is 5.95. The molecule has 0 bridgehead atoms. The number of carbonyl (C=O) groups is 4. The second-order valence-electron chi connectivity index (χ2n) is 12.9. The number of nitrogens with zero attached hydrogens (tertiary/aromatic N) is 2. The standard InChI is InChI=1S/C27H38F3N5O5/c1-13(40-16-7-6-8-16)19(33-24(39)27(28,29)30)23(38)35-12-17-18(26(17,4)5)20(35)22(37)32-15(11-31)9-14-10-25(2,3)34-21(14)36/h13-20H,6-10,12H2,1-5H3,(H,32,37)(H,33,39)(H,34,36)/t13-,14-,15+,17?,18?,19+,20?/m1/s1. The maximum Gasteiger partial charge on any atom is 0.471 e. The van der Waals surface area contributed by atoms with Crippen LogP contribution in [0.1, 0.15) is 66.7 Å². The van der Waals surface area contributed by atoms with E-state index in [1.54, 1.807) is 5.32 Å². The van der Waals surface area contributed by atoms with Crippen molar-refractivity contribution in [3.8, 4) is 6.07 Å². The van der Waals surface area contributed by atoms with E-state index in [-0.39, 0.29) is 42.2 Å². The zero-order valence-corrected chi connectivity index (χ0v) is 23.4. The Labute approximate surface area is 231 Å². The number of hydrogen-bond acceptors (Lipinski definition) is 6. The number of ether oxygens (including phenoxy) is 1. The number of halogens is 3. The van der Waals surface area contributed by atoms with E-state index in [4.69, 9.17) is 4.74 Å². The molecule has 0 aromatic rings. The Morgan fingerprint density at radius 1 is 1.20 bits per heavy atom. The minimum absolute atomic E-state index is 0.0732.